The molecule has 1 aliphatic heterocycles. The van der Waals surface area contributed by atoms with Gasteiger partial charge in [-0.3, -0.25) is 14.7 Å². The fraction of sp³-hybridized carbons (Fsp3) is 0.400. The van der Waals surface area contributed by atoms with Crippen molar-refractivity contribution in [2.45, 2.75) is 32.1 Å². The van der Waals surface area contributed by atoms with Crippen molar-refractivity contribution in [2.24, 2.45) is 0 Å². The van der Waals surface area contributed by atoms with Crippen molar-refractivity contribution in [3.05, 3.63) is 88.0 Å². The lowest BCUT2D eigenvalue weighted by Crippen LogP contribution is -2.47. The number of carbonyl (C=O) groups excluding carboxylic acids is 1. The Kier molecular flexibility index (Phi) is 10.4. The predicted octanol–water partition coefficient (Wildman–Crippen LogP) is 4.23. The van der Waals surface area contributed by atoms with Crippen molar-refractivity contribution in [3.8, 4) is 0 Å². The summed E-state index contributed by atoms with van der Waals surface area (Å²) in [6.45, 7) is 4.37. The Hall–Kier alpha value is -3.56. The first kappa shape index (κ1) is 30.0. The number of nitrogens with zero attached hydrogens (tertiary/aromatic N) is 3. The Labute approximate surface area is 229 Å². The minimum absolute atomic E-state index is 0.148. The van der Waals surface area contributed by atoms with Crippen LogP contribution in [0.1, 0.15) is 52.0 Å². The van der Waals surface area contributed by atoms with E-state index in [-0.39, 0.29) is 19.2 Å². The maximum absolute atomic E-state index is 15.3. The number of alkyl halides is 2. The van der Waals surface area contributed by atoms with Gasteiger partial charge in [-0.25, -0.2) is 8.78 Å². The maximum Gasteiger partial charge on any atom is 0.267 e. The Morgan fingerprint density at radius 2 is 1.95 bits per heavy atom. The number of amides is 1. The van der Waals surface area contributed by atoms with Crippen LogP contribution in [0.4, 0.5) is 8.78 Å². The van der Waals surface area contributed by atoms with E-state index >= 15 is 8.78 Å². The molecule has 0 spiro atoms. The van der Waals surface area contributed by atoms with Crippen LogP contribution in [-0.4, -0.2) is 79.2 Å². The lowest BCUT2D eigenvalue weighted by atomic mass is 9.85. The number of rotatable bonds is 10. The van der Waals surface area contributed by atoms with Gasteiger partial charge in [-0.2, -0.15) is 0 Å². The Bertz CT molecular complexity index is 1220. The van der Waals surface area contributed by atoms with Crippen LogP contribution in [0.3, 0.4) is 0 Å². The Morgan fingerprint density at radius 3 is 2.56 bits per heavy atom. The molecule has 7 nitrogen and oxygen atoms in total. The summed E-state index contributed by atoms with van der Waals surface area (Å²) in [4.78, 5) is 19.8. The van der Waals surface area contributed by atoms with E-state index in [9.17, 15) is 4.79 Å². The van der Waals surface area contributed by atoms with Gasteiger partial charge in [0.05, 0.1) is 12.5 Å². The summed E-state index contributed by atoms with van der Waals surface area (Å²) in [6, 6.07) is 8.49. The third-order valence-corrected chi connectivity index (χ3v) is 6.80. The van der Waals surface area contributed by atoms with Gasteiger partial charge in [0.15, 0.2) is 0 Å². The Morgan fingerprint density at radius 1 is 1.23 bits per heavy atom. The van der Waals surface area contributed by atoms with Gasteiger partial charge in [0.1, 0.15) is 6.73 Å². The quantitative estimate of drug-likeness (QED) is 0.310. The van der Waals surface area contributed by atoms with Gasteiger partial charge in [0.2, 0.25) is 0 Å². The molecule has 1 atom stereocenters. The average Bonchev–Trinajstić information content (AvgIpc) is 2.89. The van der Waals surface area contributed by atoms with Gasteiger partial charge < -0.3 is 20.6 Å². The number of likely N-dealkylation sites (N-methyl/N-ethyl adjacent to an activating group) is 1. The van der Waals surface area contributed by atoms with E-state index in [2.05, 4.69) is 15.6 Å². The van der Waals surface area contributed by atoms with E-state index < -0.39 is 11.8 Å². The van der Waals surface area contributed by atoms with E-state index in [1.165, 1.54) is 4.90 Å². The number of aliphatic hydroxyl groups is 1. The first-order valence-corrected chi connectivity index (χ1v) is 13.0. The van der Waals surface area contributed by atoms with Crippen LogP contribution in [-0.2, 0) is 0 Å². The van der Waals surface area contributed by atoms with Crippen LogP contribution >= 0.6 is 0 Å². The SMILES string of the molecule is CNC(/C=C\NCO)=C/c1ccnc(C)c1/C=C(\C)CN1CCC(c2ccc(C(=O)N(C)C)cc2)C(F)(F)C1. The number of allylic oxidation sites excluding steroid dienone is 1. The molecular formula is C30H39F2N5O2. The summed E-state index contributed by atoms with van der Waals surface area (Å²) in [5.74, 6) is -3.92. The number of carbonyl (C=O) groups is 1. The third kappa shape index (κ3) is 7.97. The van der Waals surface area contributed by atoms with Crippen molar-refractivity contribution in [1.29, 1.82) is 0 Å². The van der Waals surface area contributed by atoms with E-state index in [1.54, 1.807) is 55.7 Å². The average molecular weight is 540 g/mol. The van der Waals surface area contributed by atoms with Gasteiger partial charge in [0, 0.05) is 62.6 Å². The minimum Gasteiger partial charge on any atom is -0.388 e. The molecule has 0 aliphatic carbocycles. The molecular weight excluding hydrogens is 500 g/mol. The van der Waals surface area contributed by atoms with Crippen LogP contribution in [0.25, 0.3) is 12.2 Å². The minimum atomic E-state index is -2.89. The van der Waals surface area contributed by atoms with Crippen molar-refractivity contribution in [1.82, 2.24) is 25.4 Å². The number of aromatic nitrogens is 1. The molecule has 9 heteroatoms. The van der Waals surface area contributed by atoms with Crippen LogP contribution < -0.4 is 10.6 Å². The number of benzene rings is 1. The number of piperidine rings is 1. The molecule has 1 unspecified atom stereocenters. The molecule has 1 aliphatic rings. The third-order valence-electron chi connectivity index (χ3n) is 6.80. The first-order valence-electron chi connectivity index (χ1n) is 13.0. The van der Waals surface area contributed by atoms with E-state index in [0.717, 1.165) is 28.1 Å². The second kappa shape index (κ2) is 13.5. The molecule has 1 aromatic heterocycles. The molecule has 1 aromatic carbocycles. The maximum atomic E-state index is 15.3. The zero-order valence-corrected chi connectivity index (χ0v) is 23.3. The highest BCUT2D eigenvalue weighted by Crippen LogP contribution is 2.40. The summed E-state index contributed by atoms with van der Waals surface area (Å²) in [6.07, 6.45) is 9.53. The van der Waals surface area contributed by atoms with Gasteiger partial charge >= 0.3 is 0 Å². The summed E-state index contributed by atoms with van der Waals surface area (Å²) in [5, 5.41) is 14.8. The molecule has 3 rings (SSSR count). The molecule has 3 N–H and O–H groups in total. The number of nitrogens with one attached hydrogen (secondary N) is 2. The predicted molar refractivity (Wildman–Crippen MR) is 152 cm³/mol. The van der Waals surface area contributed by atoms with Crippen LogP contribution in [0, 0.1) is 6.92 Å². The molecule has 0 bridgehead atoms. The van der Waals surface area contributed by atoms with Crippen LogP contribution in [0.5, 0.6) is 0 Å². The zero-order chi connectivity index (χ0) is 28.6. The molecule has 210 valence electrons. The second-order valence-electron chi connectivity index (χ2n) is 10.1. The first-order chi connectivity index (χ1) is 18.6. The summed E-state index contributed by atoms with van der Waals surface area (Å²) in [7, 11) is 5.14. The highest BCUT2D eigenvalue weighted by Gasteiger charge is 2.45. The van der Waals surface area contributed by atoms with Gasteiger partial charge in [-0.05, 0) is 68.3 Å². The van der Waals surface area contributed by atoms with Crippen molar-refractivity contribution < 1.29 is 18.7 Å². The number of hydrogen-bond donors (Lipinski definition) is 3. The lowest BCUT2D eigenvalue weighted by Gasteiger charge is -2.38. The zero-order valence-electron chi connectivity index (χ0n) is 23.3. The normalized spacial score (nSPS) is 18.3. The summed E-state index contributed by atoms with van der Waals surface area (Å²) in [5.41, 5.74) is 5.56. The largest absolute Gasteiger partial charge is 0.388 e. The number of halogens is 2. The van der Waals surface area contributed by atoms with Gasteiger partial charge in [0.25, 0.3) is 11.8 Å². The topological polar surface area (TPSA) is 80.7 Å². The molecule has 2 aromatic rings. The second-order valence-corrected chi connectivity index (χ2v) is 10.1. The van der Waals surface area contributed by atoms with Crippen LogP contribution in [0.15, 0.2) is 60.1 Å². The lowest BCUT2D eigenvalue weighted by molar-refractivity contribution is -0.0805. The highest BCUT2D eigenvalue weighted by molar-refractivity contribution is 5.93. The molecule has 1 amide bonds. The van der Waals surface area contributed by atoms with Gasteiger partial charge in [-0.1, -0.05) is 23.8 Å². The smallest absolute Gasteiger partial charge is 0.267 e. The fourth-order valence-electron chi connectivity index (χ4n) is 4.80. The van der Waals surface area contributed by atoms with E-state index in [0.29, 0.717) is 30.6 Å². The molecule has 1 saturated heterocycles. The number of likely N-dealkylation sites (tertiary alicyclic amines) is 1. The number of pyridine rings is 1. The number of hydrogen-bond acceptors (Lipinski definition) is 6. The van der Waals surface area contributed by atoms with Crippen molar-refractivity contribution >= 4 is 18.1 Å². The Balaban J connectivity index is 1.73. The molecule has 39 heavy (non-hydrogen) atoms. The van der Waals surface area contributed by atoms with Crippen molar-refractivity contribution in [2.75, 3.05) is 47.5 Å². The monoisotopic (exact) mass is 539 g/mol. The van der Waals surface area contributed by atoms with Crippen molar-refractivity contribution in [3.63, 3.8) is 0 Å². The van der Waals surface area contributed by atoms with E-state index in [4.69, 9.17) is 5.11 Å². The van der Waals surface area contributed by atoms with E-state index in [1.807, 2.05) is 45.2 Å². The summed E-state index contributed by atoms with van der Waals surface area (Å²) >= 11 is 0. The number of aryl methyl sites for hydroxylation is 1. The molecule has 0 radical (unpaired) electrons. The molecule has 0 saturated carbocycles. The highest BCUT2D eigenvalue weighted by atomic mass is 19.3. The van der Waals surface area contributed by atoms with Crippen LogP contribution in [0.2, 0.25) is 0 Å². The molecule has 1 fully saturated rings. The van der Waals surface area contributed by atoms with Gasteiger partial charge in [-0.15, -0.1) is 0 Å². The summed E-state index contributed by atoms with van der Waals surface area (Å²) < 4.78 is 30.6. The fourth-order valence-corrected chi connectivity index (χ4v) is 4.80. The molecule has 2 heterocycles. The number of aliphatic hydroxyl groups excluding tert-OH is 1. The standard InChI is InChI=1S/C30H39F2N5O2/c1-21(16-27-22(2)35-14-10-25(27)17-26(33-3)11-13-34-20-38)18-37-15-12-28(30(31,32)19-37)23-6-8-24(9-7-23)29(39)36(4)5/h6-11,13-14,16-17,28,33-34,38H,12,15,18-20H2,1-5H3/b13-11-,21-16+,26-17+.